The van der Waals surface area contributed by atoms with Crippen molar-refractivity contribution in [2.24, 2.45) is 0 Å². The van der Waals surface area contributed by atoms with Gasteiger partial charge in [0.15, 0.2) is 0 Å². The molecule has 4 rings (SSSR count). The second-order valence-electron chi connectivity index (χ2n) is 9.91. The number of ether oxygens (including phenoxy) is 2. The Morgan fingerprint density at radius 3 is 2.28 bits per heavy atom. The van der Waals surface area contributed by atoms with Crippen molar-refractivity contribution in [3.05, 3.63) is 77.9 Å². The summed E-state index contributed by atoms with van der Waals surface area (Å²) in [6.45, 7) is 6.49. The summed E-state index contributed by atoms with van der Waals surface area (Å²) in [4.78, 5) is 39.6. The van der Waals surface area contributed by atoms with Gasteiger partial charge in [-0.1, -0.05) is 42.0 Å². The van der Waals surface area contributed by atoms with Crippen LogP contribution in [0.15, 0.2) is 71.6 Å². The summed E-state index contributed by atoms with van der Waals surface area (Å²) in [6, 6.07) is 13.4. The molecule has 0 N–H and O–H groups in total. The van der Waals surface area contributed by atoms with E-state index in [-0.39, 0.29) is 17.9 Å². The molecular weight excluding hydrogens is 484 g/mol. The average molecular weight is 513 g/mol. The van der Waals surface area contributed by atoms with E-state index in [1.54, 1.807) is 69.3 Å². The predicted molar refractivity (Wildman–Crippen MR) is 131 cm³/mol. The van der Waals surface area contributed by atoms with E-state index in [0.29, 0.717) is 9.87 Å². The highest BCUT2D eigenvalue weighted by atomic mass is 32.2. The molecule has 0 radical (unpaired) electrons. The Morgan fingerprint density at radius 2 is 1.67 bits per heavy atom. The monoisotopic (exact) mass is 512 g/mol. The second-order valence-corrected chi connectivity index (χ2v) is 11.7. The molecule has 1 saturated heterocycles. The van der Waals surface area contributed by atoms with E-state index in [2.05, 4.69) is 0 Å². The van der Waals surface area contributed by atoms with Crippen LogP contribution in [0.1, 0.15) is 43.1 Å². The van der Waals surface area contributed by atoms with Crippen molar-refractivity contribution >= 4 is 28.1 Å². The molecule has 2 aromatic rings. The van der Waals surface area contributed by atoms with Gasteiger partial charge in [-0.2, -0.15) is 0 Å². The number of carbonyl (C=O) groups is 3. The smallest absolute Gasteiger partial charge is 0.418 e. The quantitative estimate of drug-likeness (QED) is 0.444. The predicted octanol–water partition coefficient (Wildman–Crippen LogP) is 4.28. The van der Waals surface area contributed by atoms with Gasteiger partial charge >= 0.3 is 18.1 Å². The van der Waals surface area contributed by atoms with Gasteiger partial charge in [-0.05, 0) is 58.0 Å². The average Bonchev–Trinajstić information content (AvgIpc) is 3.33. The first-order valence-electron chi connectivity index (χ1n) is 11.4. The first-order valence-corrected chi connectivity index (χ1v) is 12.9. The van der Waals surface area contributed by atoms with Crippen molar-refractivity contribution in [2.45, 2.75) is 56.3 Å². The van der Waals surface area contributed by atoms with Crippen LogP contribution >= 0.6 is 0 Å². The van der Waals surface area contributed by atoms with Crippen LogP contribution in [-0.4, -0.2) is 59.5 Å². The van der Waals surface area contributed by atoms with E-state index in [1.807, 2.05) is 6.92 Å². The molecule has 2 aliphatic rings. The van der Waals surface area contributed by atoms with Crippen LogP contribution in [-0.2, 0) is 19.5 Å². The number of urea groups is 1. The largest absolute Gasteiger partial charge is 0.454 e. The molecule has 1 aliphatic heterocycles. The molecule has 2 aromatic carbocycles. The van der Waals surface area contributed by atoms with Gasteiger partial charge in [0.2, 0.25) is 0 Å². The molecule has 10 heteroatoms. The van der Waals surface area contributed by atoms with Gasteiger partial charge < -0.3 is 9.47 Å². The number of sulfonamides is 1. The molecule has 0 saturated carbocycles. The Bertz CT molecular complexity index is 1310. The topological polar surface area (TPSA) is 110 Å². The third-order valence-corrected chi connectivity index (χ3v) is 7.73. The zero-order valence-electron chi connectivity index (χ0n) is 20.5. The Kier molecular flexibility index (Phi) is 6.42. The summed E-state index contributed by atoms with van der Waals surface area (Å²) in [5, 5.41) is 0. The molecule has 1 fully saturated rings. The number of nitrogens with zero attached hydrogens (tertiary/aromatic N) is 2. The van der Waals surface area contributed by atoms with Crippen LogP contribution in [0.2, 0.25) is 0 Å². The van der Waals surface area contributed by atoms with Crippen LogP contribution in [0.5, 0.6) is 0 Å². The Balaban J connectivity index is 1.67. The zero-order chi connectivity index (χ0) is 26.3. The number of esters is 1. The molecule has 1 aliphatic carbocycles. The van der Waals surface area contributed by atoms with Crippen LogP contribution in [0, 0.1) is 6.92 Å². The lowest BCUT2D eigenvalue weighted by molar-refractivity contribution is 0.0308. The Morgan fingerprint density at radius 1 is 1.03 bits per heavy atom. The summed E-state index contributed by atoms with van der Waals surface area (Å²) in [7, 11) is -4.37. The van der Waals surface area contributed by atoms with E-state index < -0.39 is 45.4 Å². The molecule has 1 heterocycles. The molecular formula is C26H28N2O7S. The number of amides is 3. The number of aryl methyl sites for hydroxylation is 1. The number of benzene rings is 2. The molecule has 190 valence electrons. The van der Waals surface area contributed by atoms with Gasteiger partial charge in [0.05, 0.1) is 17.0 Å². The fourth-order valence-corrected chi connectivity index (χ4v) is 5.89. The number of rotatable bonds is 4. The second kappa shape index (κ2) is 9.09. The molecule has 0 unspecified atom stereocenters. The standard InChI is InChI=1S/C26H28N2O7S/c1-18-10-12-21(13-11-18)36(32,33)28-23(30)27(24(31)35-25(2,3)4)17-26(28)15-14-20(16-26)34-22(29)19-8-6-5-7-9-19/h5-15,20H,16-17H2,1-4H3/t20-,26+/m1/s1. The number of hydrogen-bond acceptors (Lipinski definition) is 7. The molecule has 36 heavy (non-hydrogen) atoms. The minimum Gasteiger partial charge on any atom is -0.454 e. The molecule has 3 amide bonds. The van der Waals surface area contributed by atoms with E-state index in [9.17, 15) is 22.8 Å². The Labute approximate surface area is 210 Å². The maximum Gasteiger partial charge on any atom is 0.418 e. The summed E-state index contributed by atoms with van der Waals surface area (Å²) in [6.07, 6.45) is 1.27. The van der Waals surface area contributed by atoms with Gasteiger partial charge in [0, 0.05) is 6.42 Å². The fraction of sp³-hybridized carbons (Fsp3) is 0.346. The number of carbonyl (C=O) groups excluding carboxylic acids is 3. The minimum atomic E-state index is -4.37. The van der Waals surface area contributed by atoms with E-state index in [1.165, 1.54) is 18.2 Å². The van der Waals surface area contributed by atoms with Crippen molar-refractivity contribution in [1.82, 2.24) is 9.21 Å². The normalized spacial score (nSPS) is 21.8. The van der Waals surface area contributed by atoms with Crippen LogP contribution < -0.4 is 0 Å². The first-order chi connectivity index (χ1) is 16.8. The van der Waals surface area contributed by atoms with Crippen LogP contribution in [0.4, 0.5) is 9.59 Å². The van der Waals surface area contributed by atoms with Crippen molar-refractivity contribution in [3.63, 3.8) is 0 Å². The number of hydrogen-bond donors (Lipinski definition) is 0. The molecule has 0 aromatic heterocycles. The van der Waals surface area contributed by atoms with Crippen molar-refractivity contribution in [2.75, 3.05) is 6.54 Å². The summed E-state index contributed by atoms with van der Waals surface area (Å²) < 4.78 is 39.1. The minimum absolute atomic E-state index is 0.0400. The highest BCUT2D eigenvalue weighted by Crippen LogP contribution is 2.42. The van der Waals surface area contributed by atoms with E-state index in [4.69, 9.17) is 9.47 Å². The van der Waals surface area contributed by atoms with E-state index >= 15 is 0 Å². The lowest BCUT2D eigenvalue weighted by Gasteiger charge is -2.31. The van der Waals surface area contributed by atoms with Gasteiger partial charge in [-0.25, -0.2) is 32.0 Å². The summed E-state index contributed by atoms with van der Waals surface area (Å²) in [5.41, 5.74) is -1.15. The maximum absolute atomic E-state index is 13.7. The molecule has 2 atom stereocenters. The van der Waals surface area contributed by atoms with Gasteiger partial charge in [-0.15, -0.1) is 0 Å². The van der Waals surface area contributed by atoms with Crippen molar-refractivity contribution in [3.8, 4) is 0 Å². The van der Waals surface area contributed by atoms with E-state index in [0.717, 1.165) is 10.5 Å². The first kappa shape index (κ1) is 25.4. The molecule has 9 nitrogen and oxygen atoms in total. The summed E-state index contributed by atoms with van der Waals surface area (Å²) >= 11 is 0. The fourth-order valence-electron chi connectivity index (χ4n) is 4.22. The molecule has 0 bridgehead atoms. The third kappa shape index (κ3) is 4.86. The van der Waals surface area contributed by atoms with Crippen molar-refractivity contribution < 1.29 is 32.3 Å². The van der Waals surface area contributed by atoms with Crippen LogP contribution in [0.25, 0.3) is 0 Å². The van der Waals surface area contributed by atoms with Crippen molar-refractivity contribution in [1.29, 1.82) is 0 Å². The van der Waals surface area contributed by atoms with Crippen LogP contribution in [0.3, 0.4) is 0 Å². The highest BCUT2D eigenvalue weighted by Gasteiger charge is 2.59. The molecule has 1 spiro atoms. The van der Waals surface area contributed by atoms with Gasteiger partial charge in [0.25, 0.3) is 10.0 Å². The maximum atomic E-state index is 13.7. The Hall–Kier alpha value is -3.66. The lowest BCUT2D eigenvalue weighted by Crippen LogP contribution is -2.48. The SMILES string of the molecule is Cc1ccc(S(=O)(=O)N2C(=O)N(C(=O)OC(C)(C)C)C[C@@]23C=C[C@@H](OC(=O)c2ccccc2)C3)cc1. The lowest BCUT2D eigenvalue weighted by atomic mass is 10.00. The summed E-state index contributed by atoms with van der Waals surface area (Å²) in [5.74, 6) is -0.580. The van der Waals surface area contributed by atoms with Gasteiger partial charge in [-0.3, -0.25) is 0 Å². The highest BCUT2D eigenvalue weighted by molar-refractivity contribution is 7.89. The zero-order valence-corrected chi connectivity index (χ0v) is 21.3. The number of imide groups is 1. The third-order valence-electron chi connectivity index (χ3n) is 5.86. The van der Waals surface area contributed by atoms with Gasteiger partial charge in [0.1, 0.15) is 17.2 Å².